The molecule has 0 saturated heterocycles. The first-order valence-corrected chi connectivity index (χ1v) is 10.1. The highest BCUT2D eigenvalue weighted by Crippen LogP contribution is 2.27. The van der Waals surface area contributed by atoms with Gasteiger partial charge in [-0.05, 0) is 56.9 Å². The van der Waals surface area contributed by atoms with E-state index >= 15 is 0 Å². The maximum Gasteiger partial charge on any atom is 0.251 e. The van der Waals surface area contributed by atoms with E-state index in [0.717, 1.165) is 71.6 Å². The molecule has 146 valence electrons. The summed E-state index contributed by atoms with van der Waals surface area (Å²) in [5.74, 6) is 0.0149. The fourth-order valence-electron chi connectivity index (χ4n) is 3.39. The number of nitrogens with one attached hydrogen (secondary N) is 2. The Labute approximate surface area is 165 Å². The molecule has 1 amide bonds. The lowest BCUT2D eigenvalue weighted by Crippen LogP contribution is -2.26. The van der Waals surface area contributed by atoms with Crippen LogP contribution in [0.15, 0.2) is 30.5 Å². The first kappa shape index (κ1) is 18.5. The van der Waals surface area contributed by atoms with E-state index in [1.165, 1.54) is 0 Å². The second-order valence-electron chi connectivity index (χ2n) is 7.64. The number of hydrogen-bond donors (Lipinski definition) is 2. The van der Waals surface area contributed by atoms with E-state index in [-0.39, 0.29) is 5.91 Å². The first-order valence-electron chi connectivity index (χ1n) is 10.1. The Kier molecular flexibility index (Phi) is 5.03. The smallest absolute Gasteiger partial charge is 0.251 e. The van der Waals surface area contributed by atoms with Gasteiger partial charge in [-0.3, -0.25) is 4.79 Å². The molecule has 1 aliphatic carbocycles. The lowest BCUT2D eigenvalue weighted by molar-refractivity contribution is 0.0950. The van der Waals surface area contributed by atoms with Crippen molar-refractivity contribution in [1.29, 1.82) is 0 Å². The van der Waals surface area contributed by atoms with E-state index in [1.807, 2.05) is 48.8 Å². The number of carbonyl (C=O) groups excluding carboxylic acids is 1. The summed E-state index contributed by atoms with van der Waals surface area (Å²) in [6.45, 7) is 7.07. The fourth-order valence-corrected chi connectivity index (χ4v) is 3.39. The van der Waals surface area contributed by atoms with Crippen LogP contribution in [-0.4, -0.2) is 33.1 Å². The van der Waals surface area contributed by atoms with Gasteiger partial charge in [0.15, 0.2) is 5.65 Å². The second kappa shape index (κ2) is 7.62. The molecular weight excluding hydrogens is 350 g/mol. The highest BCUT2D eigenvalue weighted by Gasteiger charge is 2.24. The number of nitrogens with zero attached hydrogens (tertiary/aromatic N) is 3. The van der Waals surface area contributed by atoms with E-state index in [2.05, 4.69) is 27.6 Å². The van der Waals surface area contributed by atoms with Crippen molar-refractivity contribution in [2.75, 3.05) is 11.9 Å². The topological polar surface area (TPSA) is 71.3 Å². The highest BCUT2D eigenvalue weighted by molar-refractivity contribution is 5.96. The number of amides is 1. The van der Waals surface area contributed by atoms with Gasteiger partial charge in [-0.2, -0.15) is 5.10 Å². The van der Waals surface area contributed by atoms with Crippen LogP contribution < -0.4 is 10.6 Å². The van der Waals surface area contributed by atoms with Crippen LogP contribution >= 0.6 is 0 Å². The van der Waals surface area contributed by atoms with Gasteiger partial charge < -0.3 is 10.6 Å². The third kappa shape index (κ3) is 3.72. The summed E-state index contributed by atoms with van der Waals surface area (Å²) in [6, 6.07) is 8.32. The van der Waals surface area contributed by atoms with Crippen LogP contribution in [0.5, 0.6) is 0 Å². The van der Waals surface area contributed by atoms with Crippen LogP contribution in [-0.2, 0) is 0 Å². The van der Waals surface area contributed by atoms with Crippen molar-refractivity contribution < 1.29 is 4.79 Å². The molecule has 1 saturated carbocycles. The zero-order valence-electron chi connectivity index (χ0n) is 16.7. The van der Waals surface area contributed by atoms with Crippen molar-refractivity contribution in [2.24, 2.45) is 0 Å². The lowest BCUT2D eigenvalue weighted by Gasteiger charge is -2.11. The minimum Gasteiger partial charge on any atom is -0.382 e. The van der Waals surface area contributed by atoms with Crippen LogP contribution in [0.2, 0.25) is 0 Å². The van der Waals surface area contributed by atoms with E-state index < -0.39 is 0 Å². The van der Waals surface area contributed by atoms with Crippen molar-refractivity contribution in [3.63, 3.8) is 0 Å². The van der Waals surface area contributed by atoms with Crippen LogP contribution in [0.3, 0.4) is 0 Å². The molecule has 2 aromatic heterocycles. The minimum absolute atomic E-state index is 0.0149. The molecule has 6 nitrogen and oxygen atoms in total. The average Bonchev–Trinajstić information content (AvgIpc) is 3.37. The number of imidazole rings is 1. The molecule has 0 aliphatic heterocycles. The predicted molar refractivity (Wildman–Crippen MR) is 112 cm³/mol. The van der Waals surface area contributed by atoms with Crippen molar-refractivity contribution in [2.45, 2.75) is 52.5 Å². The molecule has 3 aromatic rings. The van der Waals surface area contributed by atoms with Crippen LogP contribution in [0.25, 0.3) is 16.9 Å². The quantitative estimate of drug-likeness (QED) is 0.608. The van der Waals surface area contributed by atoms with Gasteiger partial charge in [0.05, 0.1) is 23.3 Å². The average molecular weight is 377 g/mol. The predicted octanol–water partition coefficient (Wildman–Crippen LogP) is 4.12. The molecule has 28 heavy (non-hydrogen) atoms. The molecule has 0 unspecified atom stereocenters. The van der Waals surface area contributed by atoms with E-state index in [4.69, 9.17) is 0 Å². The van der Waals surface area contributed by atoms with Gasteiger partial charge in [0.1, 0.15) is 0 Å². The highest BCUT2D eigenvalue weighted by atomic mass is 16.1. The Bertz CT molecular complexity index is 1020. The van der Waals surface area contributed by atoms with Gasteiger partial charge in [-0.25, -0.2) is 9.50 Å². The summed E-state index contributed by atoms with van der Waals surface area (Å²) < 4.78 is 1.89. The third-order valence-electron chi connectivity index (χ3n) is 5.11. The molecule has 1 fully saturated rings. The number of unbranched alkanes of at least 4 members (excludes halogenated alkanes) is 1. The maximum absolute atomic E-state index is 12.4. The SMILES string of the molecule is CCCCNc1cc(C)nn2c(-c3ccc(C(=O)NC4CC4)c(C)c3)cnc12. The molecule has 1 aliphatic rings. The molecular formula is C22H27N5O. The third-order valence-corrected chi connectivity index (χ3v) is 5.11. The molecule has 2 N–H and O–H groups in total. The van der Waals surface area contributed by atoms with Crippen LogP contribution in [0.1, 0.15) is 54.2 Å². The maximum atomic E-state index is 12.4. The molecule has 0 spiro atoms. The minimum atomic E-state index is 0.0149. The summed E-state index contributed by atoms with van der Waals surface area (Å²) >= 11 is 0. The summed E-state index contributed by atoms with van der Waals surface area (Å²) in [5.41, 5.74) is 6.38. The Morgan fingerprint density at radius 1 is 1.25 bits per heavy atom. The molecule has 2 heterocycles. The lowest BCUT2D eigenvalue weighted by atomic mass is 10.0. The van der Waals surface area contributed by atoms with Gasteiger partial charge in [0, 0.05) is 23.7 Å². The summed E-state index contributed by atoms with van der Waals surface area (Å²) in [7, 11) is 0. The monoisotopic (exact) mass is 377 g/mol. The number of aromatic nitrogens is 3. The summed E-state index contributed by atoms with van der Waals surface area (Å²) in [5, 5.41) is 11.2. The van der Waals surface area contributed by atoms with E-state index in [9.17, 15) is 4.79 Å². The number of anilines is 1. The number of aryl methyl sites for hydroxylation is 2. The Morgan fingerprint density at radius 2 is 2.07 bits per heavy atom. The molecule has 6 heteroatoms. The van der Waals surface area contributed by atoms with Crippen molar-refractivity contribution >= 4 is 17.2 Å². The van der Waals surface area contributed by atoms with Crippen molar-refractivity contribution in [3.05, 3.63) is 47.3 Å². The fraction of sp³-hybridized carbons (Fsp3) is 0.409. The van der Waals surface area contributed by atoms with E-state index in [1.54, 1.807) is 0 Å². The first-order chi connectivity index (χ1) is 13.6. The number of hydrogen-bond acceptors (Lipinski definition) is 4. The molecule has 1 aromatic carbocycles. The largest absolute Gasteiger partial charge is 0.382 e. The zero-order chi connectivity index (χ0) is 19.7. The zero-order valence-corrected chi connectivity index (χ0v) is 16.7. The van der Waals surface area contributed by atoms with E-state index in [0.29, 0.717) is 6.04 Å². The summed E-state index contributed by atoms with van der Waals surface area (Å²) in [4.78, 5) is 17.0. The Morgan fingerprint density at radius 3 is 2.79 bits per heavy atom. The number of benzene rings is 1. The van der Waals surface area contributed by atoms with Crippen LogP contribution in [0, 0.1) is 13.8 Å². The Hall–Kier alpha value is -2.89. The second-order valence-corrected chi connectivity index (χ2v) is 7.64. The van der Waals surface area contributed by atoms with Gasteiger partial charge in [0.25, 0.3) is 5.91 Å². The molecule has 0 radical (unpaired) electrons. The van der Waals surface area contributed by atoms with Crippen LogP contribution in [0.4, 0.5) is 5.69 Å². The van der Waals surface area contributed by atoms with Crippen molar-refractivity contribution in [1.82, 2.24) is 19.9 Å². The number of fused-ring (bicyclic) bond motifs is 1. The normalized spacial score (nSPS) is 13.7. The Balaban J connectivity index is 1.67. The molecule has 4 rings (SSSR count). The molecule has 0 bridgehead atoms. The molecule has 0 atom stereocenters. The van der Waals surface area contributed by atoms with Crippen molar-refractivity contribution in [3.8, 4) is 11.3 Å². The number of rotatable bonds is 7. The van der Waals surface area contributed by atoms with Gasteiger partial charge in [0.2, 0.25) is 0 Å². The summed E-state index contributed by atoms with van der Waals surface area (Å²) in [6.07, 6.45) is 6.29. The van der Waals surface area contributed by atoms with Gasteiger partial charge >= 0.3 is 0 Å². The standard InChI is InChI=1S/C22H27N5O/c1-4-5-10-23-19-12-15(3)26-27-20(13-24-21(19)27)16-6-9-18(14(2)11-16)22(28)25-17-7-8-17/h6,9,11-13,17,23H,4-5,7-8,10H2,1-3H3,(H,25,28). The van der Waals surface area contributed by atoms with Gasteiger partial charge in [-0.1, -0.05) is 19.4 Å². The van der Waals surface area contributed by atoms with Gasteiger partial charge in [-0.15, -0.1) is 0 Å². The number of carbonyl (C=O) groups is 1.